The lowest BCUT2D eigenvalue weighted by Crippen LogP contribution is -2.26. The van der Waals surface area contributed by atoms with Gasteiger partial charge in [0, 0.05) is 11.6 Å². The number of rotatable bonds is 6. The summed E-state index contributed by atoms with van der Waals surface area (Å²) in [6.07, 6.45) is 1.02. The van der Waals surface area contributed by atoms with Crippen molar-refractivity contribution in [2.24, 2.45) is 0 Å². The van der Waals surface area contributed by atoms with Gasteiger partial charge in [-0.3, -0.25) is 4.79 Å². The minimum atomic E-state index is -1.16. The van der Waals surface area contributed by atoms with Gasteiger partial charge in [-0.05, 0) is 25.1 Å². The Hall–Kier alpha value is -2.96. The summed E-state index contributed by atoms with van der Waals surface area (Å²) in [6.45, 7) is 1.77. The van der Waals surface area contributed by atoms with E-state index < -0.39 is 17.9 Å². The van der Waals surface area contributed by atoms with Crippen molar-refractivity contribution >= 4 is 11.9 Å². The first kappa shape index (κ1) is 16.4. The highest BCUT2D eigenvalue weighted by atomic mass is 16.5. The average Bonchev–Trinajstić information content (AvgIpc) is 3.04. The molecule has 0 radical (unpaired) electrons. The number of carboxylic acid groups (broad SMARTS) is 1. The molecule has 2 aromatic rings. The van der Waals surface area contributed by atoms with Gasteiger partial charge in [0.15, 0.2) is 5.76 Å². The average molecular weight is 319 g/mol. The zero-order valence-corrected chi connectivity index (χ0v) is 13.0. The van der Waals surface area contributed by atoms with E-state index in [0.717, 1.165) is 11.8 Å². The molecule has 2 N–H and O–H groups in total. The predicted octanol–water partition coefficient (Wildman–Crippen LogP) is 2.49. The first-order valence-electron chi connectivity index (χ1n) is 6.81. The van der Waals surface area contributed by atoms with Crippen LogP contribution >= 0.6 is 0 Å². The molecule has 0 fully saturated rings. The minimum absolute atomic E-state index is 0.0730. The standard InChI is InChI=1S/C16H17NO6/c1-9(12-7-11(21-2)4-5-13(12)22-3)17-15(18)14-6-10(8-23-14)16(19)20/h4-9H,1-3H3,(H,17,18)(H,19,20). The number of hydrogen-bond acceptors (Lipinski definition) is 5. The second-order valence-corrected chi connectivity index (χ2v) is 4.81. The number of benzene rings is 1. The first-order chi connectivity index (χ1) is 11.0. The number of hydrogen-bond donors (Lipinski definition) is 2. The summed E-state index contributed by atoms with van der Waals surface area (Å²) in [7, 11) is 3.08. The van der Waals surface area contributed by atoms with Crippen LogP contribution in [0.25, 0.3) is 0 Å². The van der Waals surface area contributed by atoms with Crippen LogP contribution in [0.5, 0.6) is 11.5 Å². The first-order valence-corrected chi connectivity index (χ1v) is 6.81. The smallest absolute Gasteiger partial charge is 0.338 e. The number of carbonyl (C=O) groups excluding carboxylic acids is 1. The van der Waals surface area contributed by atoms with Crippen LogP contribution in [0.2, 0.25) is 0 Å². The molecule has 23 heavy (non-hydrogen) atoms. The zero-order chi connectivity index (χ0) is 17.0. The summed E-state index contributed by atoms with van der Waals surface area (Å²) in [4.78, 5) is 23.0. The predicted molar refractivity (Wildman–Crippen MR) is 81.1 cm³/mol. The summed E-state index contributed by atoms with van der Waals surface area (Å²) in [5.41, 5.74) is 0.645. The van der Waals surface area contributed by atoms with Crippen molar-refractivity contribution < 1.29 is 28.6 Å². The van der Waals surface area contributed by atoms with Gasteiger partial charge in [0.25, 0.3) is 5.91 Å². The summed E-state index contributed by atoms with van der Waals surface area (Å²) in [5.74, 6) is -0.515. The Kier molecular flexibility index (Phi) is 4.90. The number of carboxylic acids is 1. The largest absolute Gasteiger partial charge is 0.497 e. The third kappa shape index (κ3) is 3.63. The minimum Gasteiger partial charge on any atom is -0.497 e. The number of nitrogens with one attached hydrogen (secondary N) is 1. The maximum Gasteiger partial charge on any atom is 0.338 e. The highest BCUT2D eigenvalue weighted by Crippen LogP contribution is 2.29. The zero-order valence-electron chi connectivity index (χ0n) is 13.0. The Morgan fingerprint density at radius 3 is 2.52 bits per heavy atom. The summed E-state index contributed by atoms with van der Waals surface area (Å²) >= 11 is 0. The number of furan rings is 1. The summed E-state index contributed by atoms with van der Waals surface area (Å²) < 4.78 is 15.4. The molecule has 0 spiro atoms. The highest BCUT2D eigenvalue weighted by molar-refractivity contribution is 5.95. The van der Waals surface area contributed by atoms with Crippen molar-refractivity contribution in [3.63, 3.8) is 0 Å². The molecule has 0 saturated carbocycles. The third-order valence-electron chi connectivity index (χ3n) is 3.32. The lowest BCUT2D eigenvalue weighted by atomic mass is 10.1. The molecule has 0 saturated heterocycles. The fourth-order valence-electron chi connectivity index (χ4n) is 2.09. The van der Waals surface area contributed by atoms with Crippen LogP contribution in [0.1, 0.15) is 39.4 Å². The van der Waals surface area contributed by atoms with Gasteiger partial charge >= 0.3 is 5.97 Å². The van der Waals surface area contributed by atoms with Gasteiger partial charge in [-0.15, -0.1) is 0 Å². The Bertz CT molecular complexity index is 721. The summed E-state index contributed by atoms with van der Waals surface area (Å²) in [6, 6.07) is 6.03. The quantitative estimate of drug-likeness (QED) is 0.849. The molecular formula is C16H17NO6. The van der Waals surface area contributed by atoms with E-state index in [1.807, 2.05) is 0 Å². The maximum atomic E-state index is 12.1. The molecule has 1 atom stereocenters. The van der Waals surface area contributed by atoms with E-state index in [1.54, 1.807) is 32.2 Å². The molecule has 1 aromatic heterocycles. The SMILES string of the molecule is COc1ccc(OC)c(C(C)NC(=O)c2cc(C(=O)O)co2)c1. The van der Waals surface area contributed by atoms with Gasteiger partial charge in [-0.1, -0.05) is 0 Å². The fourth-order valence-corrected chi connectivity index (χ4v) is 2.09. The van der Waals surface area contributed by atoms with Crippen LogP contribution in [0, 0.1) is 0 Å². The Morgan fingerprint density at radius 2 is 1.96 bits per heavy atom. The maximum absolute atomic E-state index is 12.1. The molecule has 7 nitrogen and oxygen atoms in total. The molecule has 2 rings (SSSR count). The van der Waals surface area contributed by atoms with E-state index in [4.69, 9.17) is 19.0 Å². The van der Waals surface area contributed by atoms with Crippen molar-refractivity contribution in [2.75, 3.05) is 14.2 Å². The highest BCUT2D eigenvalue weighted by Gasteiger charge is 2.19. The van der Waals surface area contributed by atoms with Crippen molar-refractivity contribution in [1.82, 2.24) is 5.32 Å². The molecule has 1 unspecified atom stereocenters. The van der Waals surface area contributed by atoms with Crippen molar-refractivity contribution in [2.45, 2.75) is 13.0 Å². The van der Waals surface area contributed by atoms with Crippen molar-refractivity contribution in [3.8, 4) is 11.5 Å². The van der Waals surface area contributed by atoms with Crippen LogP contribution in [0.4, 0.5) is 0 Å². The normalized spacial score (nSPS) is 11.6. The van der Waals surface area contributed by atoms with Crippen LogP contribution < -0.4 is 14.8 Å². The monoisotopic (exact) mass is 319 g/mol. The van der Waals surface area contributed by atoms with Crippen LogP contribution in [-0.4, -0.2) is 31.2 Å². The fraction of sp³-hybridized carbons (Fsp3) is 0.250. The molecule has 0 aliphatic rings. The van der Waals surface area contributed by atoms with E-state index in [2.05, 4.69) is 5.32 Å². The van der Waals surface area contributed by atoms with Crippen LogP contribution in [0.3, 0.4) is 0 Å². The lowest BCUT2D eigenvalue weighted by molar-refractivity contribution is 0.0695. The van der Waals surface area contributed by atoms with E-state index in [0.29, 0.717) is 11.5 Å². The third-order valence-corrected chi connectivity index (χ3v) is 3.32. The molecule has 1 amide bonds. The van der Waals surface area contributed by atoms with Gasteiger partial charge < -0.3 is 24.3 Å². The molecule has 0 bridgehead atoms. The lowest BCUT2D eigenvalue weighted by Gasteiger charge is -2.17. The number of carbonyl (C=O) groups is 2. The number of aromatic carboxylic acids is 1. The summed E-state index contributed by atoms with van der Waals surface area (Å²) in [5, 5.41) is 11.6. The van der Waals surface area contributed by atoms with Crippen LogP contribution in [0.15, 0.2) is 34.9 Å². The molecule has 1 heterocycles. The van der Waals surface area contributed by atoms with Crippen LogP contribution in [-0.2, 0) is 0 Å². The Morgan fingerprint density at radius 1 is 1.22 bits per heavy atom. The van der Waals surface area contributed by atoms with E-state index in [1.165, 1.54) is 13.2 Å². The number of amides is 1. The molecule has 122 valence electrons. The van der Waals surface area contributed by atoms with Crippen molar-refractivity contribution in [3.05, 3.63) is 47.4 Å². The molecule has 1 aromatic carbocycles. The van der Waals surface area contributed by atoms with Gasteiger partial charge in [0.1, 0.15) is 17.8 Å². The van der Waals surface area contributed by atoms with Gasteiger partial charge in [0.05, 0.1) is 25.8 Å². The van der Waals surface area contributed by atoms with Gasteiger partial charge in [0.2, 0.25) is 0 Å². The van der Waals surface area contributed by atoms with Gasteiger partial charge in [-0.2, -0.15) is 0 Å². The van der Waals surface area contributed by atoms with Gasteiger partial charge in [-0.25, -0.2) is 4.79 Å². The Labute approximate surface area is 132 Å². The number of methoxy groups -OCH3 is 2. The molecule has 0 aliphatic heterocycles. The topological polar surface area (TPSA) is 98.0 Å². The second-order valence-electron chi connectivity index (χ2n) is 4.81. The second kappa shape index (κ2) is 6.87. The molecule has 7 heteroatoms. The van der Waals surface area contributed by atoms with E-state index in [9.17, 15) is 9.59 Å². The van der Waals surface area contributed by atoms with Crippen molar-refractivity contribution in [1.29, 1.82) is 0 Å². The van der Waals surface area contributed by atoms with E-state index >= 15 is 0 Å². The molecule has 0 aliphatic carbocycles. The number of ether oxygens (including phenoxy) is 2. The molecular weight excluding hydrogens is 302 g/mol. The Balaban J connectivity index is 2.18. The van der Waals surface area contributed by atoms with E-state index in [-0.39, 0.29) is 11.3 Å².